The molecular weight excluding hydrogens is 172 g/mol. The van der Waals surface area contributed by atoms with Gasteiger partial charge in [-0.1, -0.05) is 13.8 Å². The van der Waals surface area contributed by atoms with E-state index in [9.17, 15) is 5.11 Å². The van der Waals surface area contributed by atoms with Crippen LogP contribution >= 0.6 is 0 Å². The predicted molar refractivity (Wildman–Crippen MR) is 59.0 cm³/mol. The van der Waals surface area contributed by atoms with Crippen molar-refractivity contribution in [2.45, 2.75) is 59.0 Å². The quantitative estimate of drug-likeness (QED) is 0.682. The topological polar surface area (TPSA) is 20.2 Å². The Bertz CT molecular complexity index is 218. The van der Waals surface area contributed by atoms with Crippen LogP contribution in [0.15, 0.2) is 0 Å². The first-order valence-electron chi connectivity index (χ1n) is 6.06. The van der Waals surface area contributed by atoms with Gasteiger partial charge in [0.2, 0.25) is 0 Å². The van der Waals surface area contributed by atoms with Crippen molar-refractivity contribution in [2.24, 2.45) is 23.2 Å². The predicted octanol–water partition coefficient (Wildman–Crippen LogP) is 3.22. The smallest absolute Gasteiger partial charge is 0.0648 e. The van der Waals surface area contributed by atoms with Gasteiger partial charge < -0.3 is 5.11 Å². The van der Waals surface area contributed by atoms with E-state index in [1.54, 1.807) is 0 Å². The van der Waals surface area contributed by atoms with Crippen LogP contribution in [0.2, 0.25) is 0 Å². The van der Waals surface area contributed by atoms with Crippen LogP contribution in [0.4, 0.5) is 0 Å². The van der Waals surface area contributed by atoms with Gasteiger partial charge >= 0.3 is 0 Å². The summed E-state index contributed by atoms with van der Waals surface area (Å²) in [5, 5.41) is 10.4. The Kier molecular flexibility index (Phi) is 2.23. The van der Waals surface area contributed by atoms with E-state index in [2.05, 4.69) is 13.8 Å². The highest BCUT2D eigenvalue weighted by atomic mass is 16.3. The lowest BCUT2D eigenvalue weighted by Gasteiger charge is -2.45. The molecule has 1 N–H and O–H groups in total. The fourth-order valence-corrected chi connectivity index (χ4v) is 4.07. The second kappa shape index (κ2) is 2.98. The lowest BCUT2D eigenvalue weighted by Crippen LogP contribution is -2.44. The van der Waals surface area contributed by atoms with Crippen LogP contribution in [0.25, 0.3) is 0 Å². The fourth-order valence-electron chi connectivity index (χ4n) is 4.07. The first-order chi connectivity index (χ1) is 6.34. The van der Waals surface area contributed by atoms with Crippen LogP contribution in [-0.2, 0) is 0 Å². The van der Waals surface area contributed by atoms with Gasteiger partial charge in [0.1, 0.15) is 0 Å². The third kappa shape index (κ3) is 1.41. The summed E-state index contributed by atoms with van der Waals surface area (Å²) in [5.74, 6) is 2.52. The first-order valence-corrected chi connectivity index (χ1v) is 6.06. The second-order valence-electron chi connectivity index (χ2n) is 6.53. The van der Waals surface area contributed by atoms with Gasteiger partial charge in [0.15, 0.2) is 0 Å². The molecule has 2 saturated carbocycles. The van der Waals surface area contributed by atoms with E-state index in [1.807, 2.05) is 13.8 Å². The molecule has 14 heavy (non-hydrogen) atoms. The number of hydrogen-bond acceptors (Lipinski definition) is 1. The molecule has 0 aliphatic heterocycles. The second-order valence-corrected chi connectivity index (χ2v) is 6.53. The van der Waals surface area contributed by atoms with Crippen LogP contribution < -0.4 is 0 Å². The highest BCUT2D eigenvalue weighted by molar-refractivity contribution is 5.05. The Morgan fingerprint density at radius 1 is 1.14 bits per heavy atom. The summed E-state index contributed by atoms with van der Waals surface area (Å²) in [5.41, 5.74) is -0.251. The van der Waals surface area contributed by atoms with Crippen molar-refractivity contribution in [3.05, 3.63) is 0 Å². The summed E-state index contributed by atoms with van der Waals surface area (Å²) < 4.78 is 0. The third-order valence-corrected chi connectivity index (χ3v) is 4.91. The molecule has 2 aliphatic rings. The standard InChI is InChI=1S/C13H24O/c1-9-5-11-8-13(6-9,7-10(11)2)12(3,4)14/h9-11,14H,5-8H2,1-4H3. The van der Waals surface area contributed by atoms with Crippen molar-refractivity contribution >= 4 is 0 Å². The van der Waals surface area contributed by atoms with Crippen molar-refractivity contribution in [3.8, 4) is 0 Å². The van der Waals surface area contributed by atoms with Gasteiger partial charge in [0.05, 0.1) is 5.60 Å². The van der Waals surface area contributed by atoms with Gasteiger partial charge in [0.25, 0.3) is 0 Å². The summed E-state index contributed by atoms with van der Waals surface area (Å²) in [7, 11) is 0. The number of rotatable bonds is 1. The van der Waals surface area contributed by atoms with Gasteiger partial charge in [-0.3, -0.25) is 0 Å². The molecule has 1 heteroatoms. The molecule has 2 aliphatic carbocycles. The summed E-state index contributed by atoms with van der Waals surface area (Å²) in [6, 6.07) is 0. The average molecular weight is 196 g/mol. The summed E-state index contributed by atoms with van der Waals surface area (Å²) >= 11 is 0. The molecule has 2 bridgehead atoms. The molecule has 0 aromatic carbocycles. The van der Waals surface area contributed by atoms with Gasteiger partial charge in [-0.2, -0.15) is 0 Å². The fraction of sp³-hybridized carbons (Fsp3) is 1.00. The zero-order valence-corrected chi connectivity index (χ0v) is 10.0. The van der Waals surface area contributed by atoms with Gasteiger partial charge in [-0.25, -0.2) is 0 Å². The van der Waals surface area contributed by atoms with Crippen molar-refractivity contribution in [2.75, 3.05) is 0 Å². The summed E-state index contributed by atoms with van der Waals surface area (Å²) in [4.78, 5) is 0. The molecule has 4 unspecified atom stereocenters. The molecule has 0 heterocycles. The van der Waals surface area contributed by atoms with Crippen molar-refractivity contribution in [1.29, 1.82) is 0 Å². The molecule has 82 valence electrons. The van der Waals surface area contributed by atoms with E-state index in [4.69, 9.17) is 0 Å². The van der Waals surface area contributed by atoms with Gasteiger partial charge in [-0.05, 0) is 62.7 Å². The zero-order chi connectivity index (χ0) is 10.6. The molecule has 0 aromatic heterocycles. The molecule has 0 aromatic rings. The van der Waals surface area contributed by atoms with Gasteiger partial charge in [0, 0.05) is 0 Å². The molecule has 1 nitrogen and oxygen atoms in total. The van der Waals surface area contributed by atoms with E-state index in [0.717, 1.165) is 17.8 Å². The SMILES string of the molecule is CC1CC2CC(C(C)(C)O)(C1)CC2C. The minimum Gasteiger partial charge on any atom is -0.390 e. The Morgan fingerprint density at radius 2 is 1.79 bits per heavy atom. The maximum atomic E-state index is 10.4. The van der Waals surface area contributed by atoms with E-state index >= 15 is 0 Å². The Labute approximate surface area is 87.9 Å². The Hall–Kier alpha value is -0.0400. The van der Waals surface area contributed by atoms with E-state index in [1.165, 1.54) is 25.7 Å². The van der Waals surface area contributed by atoms with Crippen molar-refractivity contribution < 1.29 is 5.11 Å². The third-order valence-electron chi connectivity index (χ3n) is 4.91. The van der Waals surface area contributed by atoms with Crippen molar-refractivity contribution in [3.63, 3.8) is 0 Å². The number of aliphatic hydroxyl groups is 1. The van der Waals surface area contributed by atoms with E-state index in [0.29, 0.717) is 0 Å². The molecule has 0 amide bonds. The van der Waals surface area contributed by atoms with Crippen LogP contribution in [-0.4, -0.2) is 10.7 Å². The highest BCUT2D eigenvalue weighted by Gasteiger charge is 2.54. The van der Waals surface area contributed by atoms with Gasteiger partial charge in [-0.15, -0.1) is 0 Å². The number of hydrogen-bond donors (Lipinski definition) is 1. The molecule has 0 spiro atoms. The summed E-state index contributed by atoms with van der Waals surface area (Å²) in [6.07, 6.45) is 5.13. The normalized spacial score (nSPS) is 48.2. The Balaban J connectivity index is 2.28. The number of fused-ring (bicyclic) bond motifs is 2. The molecule has 2 fully saturated rings. The van der Waals surface area contributed by atoms with E-state index < -0.39 is 5.60 Å². The molecular formula is C13H24O. The minimum absolute atomic E-state index is 0.231. The zero-order valence-electron chi connectivity index (χ0n) is 10.0. The molecule has 0 radical (unpaired) electrons. The Morgan fingerprint density at radius 3 is 2.36 bits per heavy atom. The van der Waals surface area contributed by atoms with Crippen LogP contribution in [0.1, 0.15) is 53.4 Å². The maximum Gasteiger partial charge on any atom is 0.0648 e. The highest BCUT2D eigenvalue weighted by Crippen LogP contribution is 2.60. The average Bonchev–Trinajstić information content (AvgIpc) is 2.22. The lowest BCUT2D eigenvalue weighted by molar-refractivity contribution is -0.0772. The minimum atomic E-state index is -0.481. The molecule has 4 atom stereocenters. The summed E-state index contributed by atoms with van der Waals surface area (Å²) in [6.45, 7) is 8.75. The lowest BCUT2D eigenvalue weighted by atomic mass is 9.63. The van der Waals surface area contributed by atoms with Crippen LogP contribution in [0.5, 0.6) is 0 Å². The van der Waals surface area contributed by atoms with Crippen molar-refractivity contribution in [1.82, 2.24) is 0 Å². The molecule has 2 rings (SSSR count). The van der Waals surface area contributed by atoms with Crippen LogP contribution in [0, 0.1) is 23.2 Å². The van der Waals surface area contributed by atoms with Crippen LogP contribution in [0.3, 0.4) is 0 Å². The maximum absolute atomic E-state index is 10.4. The largest absolute Gasteiger partial charge is 0.390 e. The van der Waals surface area contributed by atoms with E-state index in [-0.39, 0.29) is 5.41 Å². The monoisotopic (exact) mass is 196 g/mol. The molecule has 0 saturated heterocycles. The first kappa shape index (κ1) is 10.5.